The summed E-state index contributed by atoms with van der Waals surface area (Å²) in [6.45, 7) is 6.10. The Bertz CT molecular complexity index is 1660. The number of carbonyl (C=O) groups excluding carboxylic acids is 4. The number of fused-ring (bicyclic) bond motifs is 1. The molecule has 0 aliphatic carbocycles. The lowest BCUT2D eigenvalue weighted by molar-refractivity contribution is -0.139. The summed E-state index contributed by atoms with van der Waals surface area (Å²) in [6, 6.07) is 11.7. The number of likely N-dealkylation sites (tertiary alicyclic amines) is 1. The lowest BCUT2D eigenvalue weighted by Gasteiger charge is -2.34. The van der Waals surface area contributed by atoms with Crippen molar-refractivity contribution in [1.29, 1.82) is 0 Å². The first-order chi connectivity index (χ1) is 22.7. The zero-order valence-electron chi connectivity index (χ0n) is 27.1. The largest absolute Gasteiger partial charge is 0.493 e. The third-order valence-corrected chi connectivity index (χ3v) is 9.51. The Labute approximate surface area is 278 Å². The van der Waals surface area contributed by atoms with Gasteiger partial charge in [-0.25, -0.2) is 4.98 Å². The van der Waals surface area contributed by atoms with Crippen LogP contribution in [0.25, 0.3) is 10.9 Å². The van der Waals surface area contributed by atoms with Gasteiger partial charge in [0.15, 0.2) is 11.5 Å². The molecule has 2 atom stereocenters. The third-order valence-electron chi connectivity index (χ3n) is 8.35. The summed E-state index contributed by atoms with van der Waals surface area (Å²) in [5.41, 5.74) is 1.13. The number of methoxy groups -OCH3 is 2. The molecule has 2 saturated heterocycles. The molecule has 0 bridgehead atoms. The van der Waals surface area contributed by atoms with Crippen molar-refractivity contribution in [3.8, 4) is 11.5 Å². The number of rotatable bonds is 10. The van der Waals surface area contributed by atoms with Crippen LogP contribution in [-0.4, -0.2) is 101 Å². The van der Waals surface area contributed by atoms with E-state index >= 15 is 0 Å². The second kappa shape index (κ2) is 15.3. The van der Waals surface area contributed by atoms with Crippen LogP contribution in [0.1, 0.15) is 37.0 Å². The predicted molar refractivity (Wildman–Crippen MR) is 182 cm³/mol. The van der Waals surface area contributed by atoms with Gasteiger partial charge in [0.1, 0.15) is 11.9 Å². The number of thioether (sulfide) groups is 1. The van der Waals surface area contributed by atoms with Gasteiger partial charge in [-0.2, -0.15) is 4.98 Å². The fourth-order valence-electron chi connectivity index (χ4n) is 5.77. The monoisotopic (exact) mass is 660 g/mol. The predicted octanol–water partition coefficient (Wildman–Crippen LogP) is 4.01. The standard InChI is InChI=1S/C34H40N6O6S/c1-5-10-29(41)38-15-17-39(18-16-38)34-35-25-20-28(46-4)27(45-3)19-24(25)30(37-34)36-31(42)26-13-9-14-40(26)32(43)22(2)21-47-33(44)23-11-7-6-8-12-23/h5-8,10-12,19-20,22,26H,9,13-18,21H2,1-4H3,(H,35,36,37,42)/b10-5+/t22?,26-/m0/s1. The summed E-state index contributed by atoms with van der Waals surface area (Å²) in [6.07, 6.45) is 4.47. The van der Waals surface area contributed by atoms with Crippen molar-refractivity contribution in [2.24, 2.45) is 5.92 Å². The van der Waals surface area contributed by atoms with Gasteiger partial charge in [-0.3, -0.25) is 19.2 Å². The minimum atomic E-state index is -0.686. The summed E-state index contributed by atoms with van der Waals surface area (Å²) >= 11 is 1.11. The van der Waals surface area contributed by atoms with Gasteiger partial charge in [-0.05, 0) is 31.9 Å². The van der Waals surface area contributed by atoms with Crippen molar-refractivity contribution in [3.63, 3.8) is 0 Å². The molecule has 2 aliphatic heterocycles. The molecule has 248 valence electrons. The van der Waals surface area contributed by atoms with Crippen molar-refractivity contribution < 1.29 is 28.7 Å². The normalized spacial score (nSPS) is 17.2. The summed E-state index contributed by atoms with van der Waals surface area (Å²) in [7, 11) is 3.07. The average molecular weight is 661 g/mol. The molecule has 3 heterocycles. The number of amides is 3. The number of hydrogen-bond acceptors (Lipinski definition) is 10. The maximum absolute atomic E-state index is 13.8. The van der Waals surface area contributed by atoms with Crippen LogP contribution in [0, 0.1) is 5.92 Å². The zero-order chi connectivity index (χ0) is 33.5. The maximum Gasteiger partial charge on any atom is 0.248 e. The highest BCUT2D eigenvalue weighted by Gasteiger charge is 2.36. The molecule has 47 heavy (non-hydrogen) atoms. The molecule has 13 heteroatoms. The number of carbonyl (C=O) groups is 4. The lowest BCUT2D eigenvalue weighted by atomic mass is 10.1. The Kier molecular flexibility index (Phi) is 11.0. The van der Waals surface area contributed by atoms with Gasteiger partial charge in [0.25, 0.3) is 0 Å². The third kappa shape index (κ3) is 7.67. The van der Waals surface area contributed by atoms with E-state index in [1.54, 1.807) is 65.3 Å². The Morgan fingerprint density at radius 2 is 1.70 bits per heavy atom. The van der Waals surface area contributed by atoms with E-state index in [2.05, 4.69) is 5.32 Å². The smallest absolute Gasteiger partial charge is 0.248 e. The van der Waals surface area contributed by atoms with Gasteiger partial charge in [0.2, 0.25) is 28.8 Å². The Balaban J connectivity index is 1.35. The van der Waals surface area contributed by atoms with Crippen LogP contribution in [0.5, 0.6) is 11.5 Å². The number of hydrogen-bond donors (Lipinski definition) is 1. The Hall–Kier alpha value is -4.65. The van der Waals surface area contributed by atoms with Gasteiger partial charge in [-0.1, -0.05) is 55.1 Å². The zero-order valence-corrected chi connectivity index (χ0v) is 27.9. The molecular weight excluding hydrogens is 620 g/mol. The van der Waals surface area contributed by atoms with E-state index in [1.807, 2.05) is 17.9 Å². The summed E-state index contributed by atoms with van der Waals surface area (Å²) in [4.78, 5) is 67.3. The second-order valence-electron chi connectivity index (χ2n) is 11.5. The van der Waals surface area contributed by atoms with Gasteiger partial charge < -0.3 is 29.5 Å². The van der Waals surface area contributed by atoms with E-state index < -0.39 is 12.0 Å². The molecule has 0 radical (unpaired) electrons. The fraction of sp³-hybridized carbons (Fsp3) is 0.412. The number of nitrogens with zero attached hydrogens (tertiary/aromatic N) is 5. The van der Waals surface area contributed by atoms with Crippen LogP contribution in [0.4, 0.5) is 11.8 Å². The molecule has 2 fully saturated rings. The Morgan fingerprint density at radius 3 is 2.38 bits per heavy atom. The first-order valence-corrected chi connectivity index (χ1v) is 16.7. The van der Waals surface area contributed by atoms with Crippen molar-refractivity contribution in [2.45, 2.75) is 32.7 Å². The molecule has 2 aliphatic rings. The molecule has 12 nitrogen and oxygen atoms in total. The molecule has 1 N–H and O–H groups in total. The van der Waals surface area contributed by atoms with Crippen LogP contribution in [-0.2, 0) is 14.4 Å². The lowest BCUT2D eigenvalue weighted by Crippen LogP contribution is -2.49. The first kappa shape index (κ1) is 33.7. The molecule has 3 amide bonds. The minimum Gasteiger partial charge on any atom is -0.493 e. The van der Waals surface area contributed by atoms with E-state index in [0.717, 1.165) is 11.8 Å². The number of allylic oxidation sites excluding steroid dienone is 1. The van der Waals surface area contributed by atoms with E-state index in [4.69, 9.17) is 19.4 Å². The molecular formula is C34H40N6O6S. The second-order valence-corrected chi connectivity index (χ2v) is 12.4. The Morgan fingerprint density at radius 1 is 1.00 bits per heavy atom. The number of anilines is 2. The number of benzene rings is 2. The van der Waals surface area contributed by atoms with E-state index in [1.165, 1.54) is 14.2 Å². The highest BCUT2D eigenvalue weighted by molar-refractivity contribution is 8.14. The molecule has 0 saturated carbocycles. The summed E-state index contributed by atoms with van der Waals surface area (Å²) in [5.74, 6) is 0.939. The van der Waals surface area contributed by atoms with Crippen LogP contribution in [0.2, 0.25) is 0 Å². The fourth-order valence-corrected chi connectivity index (χ4v) is 6.62. The summed E-state index contributed by atoms with van der Waals surface area (Å²) < 4.78 is 11.0. The van der Waals surface area contributed by atoms with Crippen molar-refractivity contribution in [1.82, 2.24) is 19.8 Å². The molecule has 0 spiro atoms. The maximum atomic E-state index is 13.8. The number of ether oxygens (including phenoxy) is 2. The highest BCUT2D eigenvalue weighted by Crippen LogP contribution is 2.35. The van der Waals surface area contributed by atoms with Crippen molar-refractivity contribution in [2.75, 3.05) is 62.9 Å². The van der Waals surface area contributed by atoms with Gasteiger partial charge in [-0.15, -0.1) is 0 Å². The van der Waals surface area contributed by atoms with Gasteiger partial charge >= 0.3 is 0 Å². The molecule has 1 unspecified atom stereocenters. The summed E-state index contributed by atoms with van der Waals surface area (Å²) in [5, 5.41) is 3.46. The van der Waals surface area contributed by atoms with E-state index in [0.29, 0.717) is 91.0 Å². The van der Waals surface area contributed by atoms with Crippen LogP contribution >= 0.6 is 11.8 Å². The molecule has 3 aromatic rings. The molecule has 1 aromatic heterocycles. The molecule has 2 aromatic carbocycles. The van der Waals surface area contributed by atoms with Crippen LogP contribution in [0.3, 0.4) is 0 Å². The van der Waals surface area contributed by atoms with Crippen molar-refractivity contribution in [3.05, 3.63) is 60.2 Å². The number of aromatic nitrogens is 2. The SMILES string of the molecule is C/C=C/C(=O)N1CCN(c2nc(NC(=O)[C@@H]3CCCN3C(=O)C(C)CSC(=O)c3ccccc3)c3cc(OC)c(OC)cc3n2)CC1. The van der Waals surface area contributed by atoms with E-state index in [9.17, 15) is 19.2 Å². The minimum absolute atomic E-state index is 0.0391. The quantitative estimate of drug-likeness (QED) is 0.318. The van der Waals surface area contributed by atoms with E-state index in [-0.39, 0.29) is 22.8 Å². The number of nitrogens with one attached hydrogen (secondary N) is 1. The van der Waals surface area contributed by atoms with Gasteiger partial charge in [0, 0.05) is 61.4 Å². The topological polar surface area (TPSA) is 134 Å². The molecule has 5 rings (SSSR count). The highest BCUT2D eigenvalue weighted by atomic mass is 32.2. The van der Waals surface area contributed by atoms with Crippen molar-refractivity contribution >= 4 is 57.3 Å². The first-order valence-electron chi connectivity index (χ1n) is 15.7. The van der Waals surface area contributed by atoms with Crippen LogP contribution in [0.15, 0.2) is 54.6 Å². The average Bonchev–Trinajstić information content (AvgIpc) is 3.60. The number of piperazine rings is 1. The van der Waals surface area contributed by atoms with Gasteiger partial charge in [0.05, 0.1) is 19.7 Å². The van der Waals surface area contributed by atoms with Crippen LogP contribution < -0.4 is 19.7 Å².